The Morgan fingerprint density at radius 3 is 2.64 bits per heavy atom. The van der Waals surface area contributed by atoms with Gasteiger partial charge in [-0.05, 0) is 46.7 Å². The summed E-state index contributed by atoms with van der Waals surface area (Å²) in [6.45, 7) is 1.59. The van der Waals surface area contributed by atoms with Crippen LogP contribution in [0.1, 0.15) is 23.4 Å². The van der Waals surface area contributed by atoms with Crippen LogP contribution in [0.5, 0.6) is 0 Å². The second kappa shape index (κ2) is 6.32. The van der Waals surface area contributed by atoms with Crippen molar-refractivity contribution in [2.75, 3.05) is 0 Å². The van der Waals surface area contributed by atoms with Gasteiger partial charge in [0, 0.05) is 20.3 Å². The third kappa shape index (κ3) is 2.99. The van der Waals surface area contributed by atoms with Crippen LogP contribution in [0.15, 0.2) is 51.8 Å². The summed E-state index contributed by atoms with van der Waals surface area (Å²) < 4.78 is 1.00. The minimum Gasteiger partial charge on any atom is -0.350 e. The number of rotatable bonds is 3. The first-order valence-corrected chi connectivity index (χ1v) is 8.76. The van der Waals surface area contributed by atoms with E-state index in [-0.39, 0.29) is 11.8 Å². The molecule has 0 radical (unpaired) electrons. The topological polar surface area (TPSA) is 41.1 Å². The van der Waals surface area contributed by atoms with Gasteiger partial charge in [-0.2, -0.15) is 0 Å². The Kier molecular flexibility index (Phi) is 4.42. The molecule has 3 nitrogen and oxygen atoms in total. The van der Waals surface area contributed by atoms with E-state index in [2.05, 4.69) is 26.6 Å². The Morgan fingerprint density at radius 2 is 2.05 bits per heavy atom. The Morgan fingerprint density at radius 1 is 1.32 bits per heavy atom. The van der Waals surface area contributed by atoms with Crippen molar-refractivity contribution in [2.24, 2.45) is 0 Å². The highest BCUT2D eigenvalue weighted by Crippen LogP contribution is 2.35. The lowest BCUT2D eigenvalue weighted by Gasteiger charge is -2.30. The second-order valence-electron chi connectivity index (χ2n) is 4.91. The van der Waals surface area contributed by atoms with Crippen molar-refractivity contribution in [1.82, 2.24) is 10.6 Å². The summed E-state index contributed by atoms with van der Waals surface area (Å²) >= 11 is 10.4. The summed E-state index contributed by atoms with van der Waals surface area (Å²) in [5, 5.41) is 8.88. The van der Waals surface area contributed by atoms with E-state index in [1.807, 2.05) is 41.8 Å². The van der Waals surface area contributed by atoms with Crippen LogP contribution in [-0.4, -0.2) is 10.9 Å². The van der Waals surface area contributed by atoms with E-state index in [1.165, 1.54) is 0 Å². The molecular formula is C16H13BrN2OS2. The van der Waals surface area contributed by atoms with Crippen molar-refractivity contribution in [3.63, 3.8) is 0 Å². The summed E-state index contributed by atoms with van der Waals surface area (Å²) in [7, 11) is 0. The summed E-state index contributed by atoms with van der Waals surface area (Å²) in [6, 6.07) is 11.6. The Labute approximate surface area is 146 Å². The van der Waals surface area contributed by atoms with Gasteiger partial charge in [-0.1, -0.05) is 30.3 Å². The van der Waals surface area contributed by atoms with Crippen molar-refractivity contribution in [3.8, 4) is 0 Å². The fourth-order valence-electron chi connectivity index (χ4n) is 2.47. The molecule has 0 aliphatic carbocycles. The lowest BCUT2D eigenvalue weighted by molar-refractivity contribution is -0.113. The van der Waals surface area contributed by atoms with E-state index < -0.39 is 0 Å². The molecule has 6 heteroatoms. The molecule has 2 N–H and O–H groups in total. The molecule has 0 amide bonds. The number of nitrogens with one attached hydrogen (secondary N) is 2. The number of benzene rings is 1. The predicted octanol–water partition coefficient (Wildman–Crippen LogP) is 4.03. The van der Waals surface area contributed by atoms with Gasteiger partial charge in [0.15, 0.2) is 10.9 Å². The van der Waals surface area contributed by atoms with Crippen LogP contribution in [0.4, 0.5) is 0 Å². The van der Waals surface area contributed by atoms with Crippen LogP contribution >= 0.6 is 39.5 Å². The molecule has 2 heterocycles. The van der Waals surface area contributed by atoms with Crippen molar-refractivity contribution in [1.29, 1.82) is 0 Å². The first-order valence-electron chi connectivity index (χ1n) is 6.68. The summed E-state index contributed by atoms with van der Waals surface area (Å²) in [6.07, 6.45) is 0. The fourth-order valence-corrected chi connectivity index (χ4v) is 4.19. The van der Waals surface area contributed by atoms with Crippen LogP contribution in [0.3, 0.4) is 0 Å². The smallest absolute Gasteiger partial charge is 0.171 e. The highest BCUT2D eigenvalue weighted by atomic mass is 79.9. The summed E-state index contributed by atoms with van der Waals surface area (Å²) in [5.74, 6) is 0.0240. The monoisotopic (exact) mass is 392 g/mol. The van der Waals surface area contributed by atoms with Gasteiger partial charge < -0.3 is 10.6 Å². The molecule has 2 aromatic rings. The minimum absolute atomic E-state index is 0.0240. The first kappa shape index (κ1) is 15.4. The van der Waals surface area contributed by atoms with Crippen LogP contribution in [0, 0.1) is 0 Å². The van der Waals surface area contributed by atoms with Crippen LogP contribution in [-0.2, 0) is 4.79 Å². The molecule has 1 atom stereocenters. The quantitative estimate of drug-likeness (QED) is 0.773. The lowest BCUT2D eigenvalue weighted by atomic mass is 9.94. The standard InChI is InChI=1S/C16H13BrN2OS2/c1-9(20)13-14(10-5-3-2-4-6-10)18-16(21)19-15(13)12-7-11(17)8-22-12/h2-8,15H,1H3,(H2,18,19,21)/t15-/m0/s1. The largest absolute Gasteiger partial charge is 0.350 e. The van der Waals surface area contributed by atoms with Crippen molar-refractivity contribution in [3.05, 3.63) is 62.3 Å². The summed E-state index contributed by atoms with van der Waals surface area (Å²) in [5.41, 5.74) is 2.44. The highest BCUT2D eigenvalue weighted by molar-refractivity contribution is 9.10. The molecule has 0 bridgehead atoms. The van der Waals surface area contributed by atoms with E-state index in [4.69, 9.17) is 12.2 Å². The molecule has 1 aromatic heterocycles. The molecule has 1 aliphatic heterocycles. The van der Waals surface area contributed by atoms with E-state index in [1.54, 1.807) is 18.3 Å². The lowest BCUT2D eigenvalue weighted by Crippen LogP contribution is -2.44. The van der Waals surface area contributed by atoms with Gasteiger partial charge in [0.05, 0.1) is 11.7 Å². The molecule has 0 saturated heterocycles. The third-order valence-electron chi connectivity index (χ3n) is 3.39. The molecule has 0 saturated carbocycles. The number of halogens is 1. The minimum atomic E-state index is -0.224. The number of ketones is 1. The average Bonchev–Trinajstić information content (AvgIpc) is 2.93. The number of carbonyl (C=O) groups excluding carboxylic acids is 1. The number of Topliss-reactive ketones (excluding diaryl/α,β-unsaturated/α-hetero) is 1. The molecule has 1 aromatic carbocycles. The zero-order valence-corrected chi connectivity index (χ0v) is 14.9. The van der Waals surface area contributed by atoms with Crippen molar-refractivity contribution in [2.45, 2.75) is 13.0 Å². The van der Waals surface area contributed by atoms with Crippen molar-refractivity contribution >= 4 is 56.1 Å². The Balaban J connectivity index is 2.17. The van der Waals surface area contributed by atoms with Gasteiger partial charge in [-0.25, -0.2) is 0 Å². The maximum atomic E-state index is 12.3. The molecule has 0 fully saturated rings. The highest BCUT2D eigenvalue weighted by Gasteiger charge is 2.30. The van der Waals surface area contributed by atoms with Gasteiger partial charge in [0.2, 0.25) is 0 Å². The van der Waals surface area contributed by atoms with Crippen LogP contribution in [0.25, 0.3) is 5.70 Å². The molecule has 22 heavy (non-hydrogen) atoms. The number of thiocarbonyl (C=S) groups is 1. The molecular weight excluding hydrogens is 380 g/mol. The van der Waals surface area contributed by atoms with Gasteiger partial charge in [0.1, 0.15) is 0 Å². The summed E-state index contributed by atoms with van der Waals surface area (Å²) in [4.78, 5) is 13.3. The van der Waals surface area contributed by atoms with E-state index in [0.29, 0.717) is 10.7 Å². The molecule has 1 aliphatic rings. The van der Waals surface area contributed by atoms with E-state index in [9.17, 15) is 4.79 Å². The Bertz CT molecular complexity index is 767. The fraction of sp³-hybridized carbons (Fsp3) is 0.125. The number of carbonyl (C=O) groups is 1. The Hall–Kier alpha value is -1.50. The molecule has 3 rings (SSSR count). The van der Waals surface area contributed by atoms with E-state index in [0.717, 1.165) is 20.6 Å². The number of hydrogen-bond donors (Lipinski definition) is 2. The maximum absolute atomic E-state index is 12.3. The number of thiophene rings is 1. The normalized spacial score (nSPS) is 17.9. The zero-order chi connectivity index (χ0) is 15.7. The van der Waals surface area contributed by atoms with Gasteiger partial charge in [-0.15, -0.1) is 11.3 Å². The van der Waals surface area contributed by atoms with Gasteiger partial charge in [-0.3, -0.25) is 4.79 Å². The van der Waals surface area contributed by atoms with Crippen LogP contribution < -0.4 is 10.6 Å². The SMILES string of the molecule is CC(=O)C1=C(c2ccccc2)NC(=S)N[C@H]1c1cc(Br)cs1. The third-order valence-corrected chi connectivity index (χ3v) is 5.36. The zero-order valence-electron chi connectivity index (χ0n) is 11.7. The average molecular weight is 393 g/mol. The number of hydrogen-bond acceptors (Lipinski definition) is 3. The van der Waals surface area contributed by atoms with Gasteiger partial charge >= 0.3 is 0 Å². The predicted molar refractivity (Wildman–Crippen MR) is 97.7 cm³/mol. The second-order valence-corrected chi connectivity index (χ2v) is 7.18. The van der Waals surface area contributed by atoms with Gasteiger partial charge in [0.25, 0.3) is 0 Å². The maximum Gasteiger partial charge on any atom is 0.171 e. The molecule has 0 spiro atoms. The first-order chi connectivity index (χ1) is 10.6. The van der Waals surface area contributed by atoms with Crippen molar-refractivity contribution < 1.29 is 4.79 Å². The molecule has 0 unspecified atom stereocenters. The van der Waals surface area contributed by atoms with Crippen LogP contribution in [0.2, 0.25) is 0 Å². The van der Waals surface area contributed by atoms with E-state index >= 15 is 0 Å². The molecule has 112 valence electrons.